The number of hydrogen-bond donors (Lipinski definition) is 1. The second-order valence-corrected chi connectivity index (χ2v) is 6.31. The number of carboxylic acids is 1. The molecule has 0 atom stereocenters. The first-order valence-electron chi connectivity index (χ1n) is 8.48. The lowest BCUT2D eigenvalue weighted by Crippen LogP contribution is -2.00. The van der Waals surface area contributed by atoms with Crippen molar-refractivity contribution in [3.05, 3.63) is 88.4 Å². The molecule has 0 saturated carbocycles. The Morgan fingerprint density at radius 1 is 1.07 bits per heavy atom. The first-order valence-corrected chi connectivity index (χ1v) is 8.86. The molecule has 0 aromatic heterocycles. The molecule has 1 N–H and O–H groups in total. The summed E-state index contributed by atoms with van der Waals surface area (Å²) in [6.07, 6.45) is 1.71. The number of halogens is 1. The molecule has 3 aromatic carbocycles. The van der Waals surface area contributed by atoms with Crippen LogP contribution >= 0.6 is 11.6 Å². The van der Waals surface area contributed by atoms with Crippen LogP contribution in [0.4, 0.5) is 5.69 Å². The molecule has 0 radical (unpaired) electrons. The van der Waals surface area contributed by atoms with E-state index in [9.17, 15) is 4.79 Å². The van der Waals surface area contributed by atoms with Gasteiger partial charge in [0.1, 0.15) is 18.1 Å². The highest BCUT2D eigenvalue weighted by Gasteiger charge is 2.05. The zero-order valence-electron chi connectivity index (χ0n) is 15.1. The van der Waals surface area contributed by atoms with E-state index in [-0.39, 0.29) is 5.56 Å². The molecular formula is C22H18ClNO4. The Kier molecular flexibility index (Phi) is 6.29. The van der Waals surface area contributed by atoms with Gasteiger partial charge in [0.2, 0.25) is 0 Å². The minimum atomic E-state index is -0.951. The van der Waals surface area contributed by atoms with Gasteiger partial charge in [0.05, 0.1) is 23.4 Å². The van der Waals surface area contributed by atoms with Crippen LogP contribution in [0.1, 0.15) is 21.5 Å². The van der Waals surface area contributed by atoms with Crippen LogP contribution in [0.25, 0.3) is 0 Å². The second kappa shape index (κ2) is 9.06. The fourth-order valence-corrected chi connectivity index (χ4v) is 2.75. The zero-order valence-corrected chi connectivity index (χ0v) is 15.9. The van der Waals surface area contributed by atoms with Crippen LogP contribution in [0.15, 0.2) is 71.7 Å². The summed E-state index contributed by atoms with van der Waals surface area (Å²) in [5, 5.41) is 9.45. The Morgan fingerprint density at radius 3 is 2.50 bits per heavy atom. The molecule has 3 rings (SSSR count). The van der Waals surface area contributed by atoms with Crippen molar-refractivity contribution in [3.8, 4) is 11.5 Å². The number of para-hydroxylation sites is 1. The number of methoxy groups -OCH3 is 1. The van der Waals surface area contributed by atoms with Gasteiger partial charge in [-0.15, -0.1) is 0 Å². The van der Waals surface area contributed by atoms with Crippen molar-refractivity contribution in [1.82, 2.24) is 0 Å². The molecule has 5 nitrogen and oxygen atoms in total. The molecule has 142 valence electrons. The highest BCUT2D eigenvalue weighted by atomic mass is 35.5. The normalized spacial score (nSPS) is 10.8. The maximum atomic E-state index is 10.9. The average molecular weight is 396 g/mol. The van der Waals surface area contributed by atoms with Gasteiger partial charge in [0.15, 0.2) is 0 Å². The molecule has 0 aliphatic heterocycles. The number of ether oxygens (including phenoxy) is 2. The zero-order chi connectivity index (χ0) is 19.9. The van der Waals surface area contributed by atoms with Gasteiger partial charge in [-0.3, -0.25) is 4.99 Å². The molecule has 0 aliphatic rings. The maximum Gasteiger partial charge on any atom is 0.335 e. The van der Waals surface area contributed by atoms with Crippen LogP contribution in [0, 0.1) is 0 Å². The number of nitrogens with zero attached hydrogens (tertiary/aromatic N) is 1. The van der Waals surface area contributed by atoms with Gasteiger partial charge >= 0.3 is 5.97 Å². The lowest BCUT2D eigenvalue weighted by Gasteiger charge is -2.09. The monoisotopic (exact) mass is 395 g/mol. The van der Waals surface area contributed by atoms with Crippen molar-refractivity contribution in [2.45, 2.75) is 6.61 Å². The summed E-state index contributed by atoms with van der Waals surface area (Å²) in [4.78, 5) is 15.4. The first-order chi connectivity index (χ1) is 13.6. The average Bonchev–Trinajstić information content (AvgIpc) is 2.71. The third kappa shape index (κ3) is 4.90. The number of aliphatic imine (C=N–C) groups is 1. The number of carbonyl (C=O) groups is 1. The van der Waals surface area contributed by atoms with E-state index in [0.717, 1.165) is 11.1 Å². The van der Waals surface area contributed by atoms with Crippen LogP contribution in [0.5, 0.6) is 11.5 Å². The summed E-state index contributed by atoms with van der Waals surface area (Å²) in [6, 6.07) is 19.4. The van der Waals surface area contributed by atoms with E-state index in [2.05, 4.69) is 4.99 Å². The molecule has 28 heavy (non-hydrogen) atoms. The van der Waals surface area contributed by atoms with Crippen molar-refractivity contribution in [3.63, 3.8) is 0 Å². The molecule has 3 aromatic rings. The van der Waals surface area contributed by atoms with Crippen molar-refractivity contribution >= 4 is 29.5 Å². The second-order valence-electron chi connectivity index (χ2n) is 5.91. The fraction of sp³-hybridized carbons (Fsp3) is 0.0909. The van der Waals surface area contributed by atoms with Crippen molar-refractivity contribution < 1.29 is 19.4 Å². The lowest BCUT2D eigenvalue weighted by molar-refractivity contribution is 0.0697. The Balaban J connectivity index is 1.72. The quantitative estimate of drug-likeness (QED) is 0.545. The number of carboxylic acid groups (broad SMARTS) is 1. The van der Waals surface area contributed by atoms with E-state index >= 15 is 0 Å². The van der Waals surface area contributed by atoms with E-state index in [4.69, 9.17) is 26.2 Å². The highest BCUT2D eigenvalue weighted by molar-refractivity contribution is 6.32. The molecule has 0 bridgehead atoms. The SMILES string of the molecule is COc1ccc(N=Cc2ccccc2OCc2ccc(C(=O)O)cc2)cc1Cl. The Bertz CT molecular complexity index is 1000. The summed E-state index contributed by atoms with van der Waals surface area (Å²) >= 11 is 6.13. The smallest absolute Gasteiger partial charge is 0.335 e. The van der Waals surface area contributed by atoms with E-state index in [1.54, 1.807) is 49.7 Å². The largest absolute Gasteiger partial charge is 0.495 e. The Hall–Kier alpha value is -3.31. The van der Waals surface area contributed by atoms with E-state index in [1.807, 2.05) is 30.3 Å². The van der Waals surface area contributed by atoms with E-state index in [1.165, 1.54) is 0 Å². The van der Waals surface area contributed by atoms with Gasteiger partial charge in [-0.25, -0.2) is 4.79 Å². The van der Waals surface area contributed by atoms with Crippen LogP contribution in [-0.2, 0) is 6.61 Å². The van der Waals surface area contributed by atoms with Crippen LogP contribution < -0.4 is 9.47 Å². The first kappa shape index (κ1) is 19.5. The van der Waals surface area contributed by atoms with E-state index in [0.29, 0.717) is 28.8 Å². The number of rotatable bonds is 7. The number of aromatic carboxylic acids is 1. The van der Waals surface area contributed by atoms with Gasteiger partial charge in [0.25, 0.3) is 0 Å². The van der Waals surface area contributed by atoms with Crippen LogP contribution in [0.2, 0.25) is 5.02 Å². The van der Waals surface area contributed by atoms with Gasteiger partial charge in [-0.1, -0.05) is 35.9 Å². The molecule has 0 spiro atoms. The molecule has 0 saturated heterocycles. The van der Waals surface area contributed by atoms with Gasteiger partial charge in [-0.2, -0.15) is 0 Å². The summed E-state index contributed by atoms with van der Waals surface area (Å²) in [5.74, 6) is 0.319. The van der Waals surface area contributed by atoms with Crippen LogP contribution in [-0.4, -0.2) is 24.4 Å². The van der Waals surface area contributed by atoms with E-state index < -0.39 is 5.97 Å². The van der Waals surface area contributed by atoms with Crippen molar-refractivity contribution in [1.29, 1.82) is 0 Å². The van der Waals surface area contributed by atoms with Crippen molar-refractivity contribution in [2.24, 2.45) is 4.99 Å². The maximum absolute atomic E-state index is 10.9. The Morgan fingerprint density at radius 2 is 1.82 bits per heavy atom. The van der Waals surface area contributed by atoms with Gasteiger partial charge in [-0.05, 0) is 48.0 Å². The molecule has 0 amide bonds. The minimum Gasteiger partial charge on any atom is -0.495 e. The highest BCUT2D eigenvalue weighted by Crippen LogP contribution is 2.29. The molecule has 6 heteroatoms. The minimum absolute atomic E-state index is 0.245. The third-order valence-electron chi connectivity index (χ3n) is 4.00. The summed E-state index contributed by atoms with van der Waals surface area (Å²) in [7, 11) is 1.56. The lowest BCUT2D eigenvalue weighted by atomic mass is 10.1. The third-order valence-corrected chi connectivity index (χ3v) is 4.30. The number of hydrogen-bond acceptors (Lipinski definition) is 4. The topological polar surface area (TPSA) is 68.1 Å². The molecule has 0 fully saturated rings. The Labute approximate surface area is 167 Å². The molecular weight excluding hydrogens is 378 g/mol. The molecule has 0 heterocycles. The predicted octanol–water partition coefficient (Wildman–Crippen LogP) is 5.38. The van der Waals surface area contributed by atoms with Gasteiger partial charge < -0.3 is 14.6 Å². The number of benzene rings is 3. The summed E-state index contributed by atoms with van der Waals surface area (Å²) in [6.45, 7) is 0.319. The fourth-order valence-electron chi connectivity index (χ4n) is 2.50. The predicted molar refractivity (Wildman–Crippen MR) is 109 cm³/mol. The molecule has 0 unspecified atom stereocenters. The van der Waals surface area contributed by atoms with Crippen LogP contribution in [0.3, 0.4) is 0 Å². The van der Waals surface area contributed by atoms with Crippen molar-refractivity contribution in [2.75, 3.05) is 7.11 Å². The summed E-state index contributed by atoms with van der Waals surface area (Å²) in [5.41, 5.74) is 2.63. The van der Waals surface area contributed by atoms with Gasteiger partial charge in [0, 0.05) is 11.8 Å². The summed E-state index contributed by atoms with van der Waals surface area (Å²) < 4.78 is 11.0. The molecule has 0 aliphatic carbocycles. The standard InChI is InChI=1S/C22H18ClNO4/c1-27-21-11-10-18(12-19(21)23)24-13-17-4-2-3-5-20(17)28-14-15-6-8-16(9-7-15)22(25)26/h2-13H,14H2,1H3,(H,25,26).